The Morgan fingerprint density at radius 1 is 1.24 bits per heavy atom. The predicted octanol–water partition coefficient (Wildman–Crippen LogP) is 3.66. The van der Waals surface area contributed by atoms with E-state index in [1.54, 1.807) is 0 Å². The van der Waals surface area contributed by atoms with Crippen LogP contribution in [0.5, 0.6) is 0 Å². The minimum absolute atomic E-state index is 0.0974. The van der Waals surface area contributed by atoms with Crippen LogP contribution in [0.1, 0.15) is 38.3 Å². The third kappa shape index (κ3) is 5.21. The van der Waals surface area contributed by atoms with Gasteiger partial charge in [0.1, 0.15) is 12.5 Å². The van der Waals surface area contributed by atoms with Crippen molar-refractivity contribution < 1.29 is 31.3 Å². The number of aliphatic hydroxyl groups excluding tert-OH is 1. The van der Waals surface area contributed by atoms with E-state index in [2.05, 4.69) is 4.72 Å². The van der Waals surface area contributed by atoms with Crippen molar-refractivity contribution in [1.82, 2.24) is 4.72 Å². The number of hydrogen-bond donors (Lipinski definition) is 2. The first-order valence-electron chi connectivity index (χ1n) is 7.50. The van der Waals surface area contributed by atoms with Gasteiger partial charge in [0.05, 0.1) is 21.3 Å². The van der Waals surface area contributed by atoms with Crippen LogP contribution in [0.4, 0.5) is 22.0 Å². The first kappa shape index (κ1) is 22.0. The summed E-state index contributed by atoms with van der Waals surface area (Å²) >= 11 is 0. The number of aliphatic hydroxyl groups is 1. The maximum atomic E-state index is 14.5. The molecule has 0 fully saturated rings. The highest BCUT2D eigenvalue weighted by Gasteiger charge is 2.48. The Morgan fingerprint density at radius 2 is 1.80 bits per heavy atom. The quantitative estimate of drug-likeness (QED) is 0.732. The van der Waals surface area contributed by atoms with Crippen LogP contribution in [0.25, 0.3) is 0 Å². The number of halogens is 5. The standard InChI is InChI=1S/C16H22F5NO2S/c1-10-6-5-7-11(13(10)18)15(9-17,8-12(23)16(19,20)21)22-25(24)14(2,3)4/h5-7,12,22-23H,8-9H2,1-4H3/t12-,15+,25?/m0/s1. The van der Waals surface area contributed by atoms with E-state index in [0.29, 0.717) is 0 Å². The van der Waals surface area contributed by atoms with Crippen LogP contribution in [0.15, 0.2) is 18.2 Å². The molecule has 9 heteroatoms. The van der Waals surface area contributed by atoms with Gasteiger partial charge in [-0.2, -0.15) is 13.2 Å². The van der Waals surface area contributed by atoms with Crippen LogP contribution >= 0.6 is 0 Å². The zero-order valence-electron chi connectivity index (χ0n) is 14.4. The Kier molecular flexibility index (Phi) is 6.75. The van der Waals surface area contributed by atoms with Gasteiger partial charge in [0.15, 0.2) is 6.10 Å². The molecule has 0 radical (unpaired) electrons. The van der Waals surface area contributed by atoms with E-state index in [4.69, 9.17) is 0 Å². The van der Waals surface area contributed by atoms with Crippen LogP contribution in [-0.4, -0.2) is 33.0 Å². The molecule has 0 spiro atoms. The fourth-order valence-corrected chi connectivity index (χ4v) is 3.06. The summed E-state index contributed by atoms with van der Waals surface area (Å²) in [5.74, 6) is -0.909. The molecule has 0 aliphatic heterocycles. The first-order valence-corrected chi connectivity index (χ1v) is 8.65. The maximum absolute atomic E-state index is 14.5. The van der Waals surface area contributed by atoms with E-state index >= 15 is 0 Å². The zero-order valence-corrected chi connectivity index (χ0v) is 15.2. The van der Waals surface area contributed by atoms with Gasteiger partial charge in [0, 0.05) is 12.0 Å². The van der Waals surface area contributed by atoms with E-state index in [9.17, 15) is 31.3 Å². The Balaban J connectivity index is 3.47. The molecule has 0 heterocycles. The van der Waals surface area contributed by atoms with Gasteiger partial charge in [0.25, 0.3) is 0 Å². The minimum Gasteiger partial charge on any atom is -0.384 e. The highest BCUT2D eigenvalue weighted by molar-refractivity contribution is 7.84. The molecule has 2 N–H and O–H groups in total. The van der Waals surface area contributed by atoms with Crippen molar-refractivity contribution in [3.8, 4) is 0 Å². The van der Waals surface area contributed by atoms with Crippen molar-refractivity contribution in [2.75, 3.05) is 6.67 Å². The number of benzene rings is 1. The lowest BCUT2D eigenvalue weighted by Gasteiger charge is -2.37. The number of rotatable bonds is 6. The van der Waals surface area contributed by atoms with E-state index < -0.39 is 58.0 Å². The Morgan fingerprint density at radius 3 is 2.24 bits per heavy atom. The molecular weight excluding hydrogens is 365 g/mol. The van der Waals surface area contributed by atoms with Crippen molar-refractivity contribution in [2.45, 2.75) is 56.7 Å². The molecule has 0 aliphatic carbocycles. The van der Waals surface area contributed by atoms with Crippen molar-refractivity contribution >= 4 is 11.0 Å². The molecule has 3 nitrogen and oxygen atoms in total. The van der Waals surface area contributed by atoms with Gasteiger partial charge in [0.2, 0.25) is 0 Å². The van der Waals surface area contributed by atoms with Crippen LogP contribution in [0, 0.1) is 12.7 Å². The fourth-order valence-electron chi connectivity index (χ4n) is 2.15. The van der Waals surface area contributed by atoms with Gasteiger partial charge in [-0.3, -0.25) is 0 Å². The largest absolute Gasteiger partial charge is 0.414 e. The molecule has 1 aromatic carbocycles. The molecule has 0 saturated heterocycles. The first-order chi connectivity index (χ1) is 11.2. The van der Waals surface area contributed by atoms with Crippen molar-refractivity contribution in [1.29, 1.82) is 0 Å². The Labute approximate surface area is 146 Å². The summed E-state index contributed by atoms with van der Waals surface area (Å²) in [5, 5.41) is 9.44. The van der Waals surface area contributed by atoms with Crippen molar-refractivity contribution in [3.63, 3.8) is 0 Å². The summed E-state index contributed by atoms with van der Waals surface area (Å²) in [6.07, 6.45) is -9.14. The topological polar surface area (TPSA) is 49.3 Å². The second-order valence-corrected chi connectivity index (χ2v) is 8.86. The molecule has 1 aromatic rings. The fraction of sp³-hybridized carbons (Fsp3) is 0.625. The second kappa shape index (κ2) is 7.67. The zero-order chi connectivity index (χ0) is 19.6. The van der Waals surface area contributed by atoms with Crippen LogP contribution < -0.4 is 4.72 Å². The monoisotopic (exact) mass is 387 g/mol. The second-order valence-electron chi connectivity index (χ2n) is 6.90. The smallest absolute Gasteiger partial charge is 0.384 e. The third-order valence-electron chi connectivity index (χ3n) is 3.70. The number of hydrogen-bond acceptors (Lipinski definition) is 2. The average molecular weight is 387 g/mol. The van der Waals surface area contributed by atoms with Gasteiger partial charge in [-0.1, -0.05) is 18.2 Å². The summed E-state index contributed by atoms with van der Waals surface area (Å²) in [6.45, 7) is 4.49. The molecule has 0 saturated carbocycles. The summed E-state index contributed by atoms with van der Waals surface area (Å²) in [7, 11) is -2.00. The number of nitrogens with one attached hydrogen (secondary N) is 1. The van der Waals surface area contributed by atoms with Crippen LogP contribution in [0.3, 0.4) is 0 Å². The Hall–Kier alpha value is -1.06. The molecule has 0 aliphatic rings. The normalized spacial score (nSPS) is 17.8. The summed E-state index contributed by atoms with van der Waals surface area (Å²) < 4.78 is 80.7. The SMILES string of the molecule is Cc1cccc([C@](CF)(C[C@H](O)C(F)(F)F)NS(=O)C(C)(C)C)c1F. The third-order valence-corrected chi connectivity index (χ3v) is 5.39. The van der Waals surface area contributed by atoms with Crippen LogP contribution in [0.2, 0.25) is 0 Å². The molecule has 1 rings (SSSR count). The lowest BCUT2D eigenvalue weighted by Crippen LogP contribution is -2.53. The summed E-state index contributed by atoms with van der Waals surface area (Å²) in [5.41, 5.74) is -2.60. The van der Waals surface area contributed by atoms with E-state index in [1.165, 1.54) is 39.8 Å². The highest BCUT2D eigenvalue weighted by Crippen LogP contribution is 2.36. The molecule has 0 amide bonds. The van der Waals surface area contributed by atoms with E-state index in [0.717, 1.165) is 6.07 Å². The van der Waals surface area contributed by atoms with Gasteiger partial charge in [-0.05, 0) is 33.3 Å². The number of alkyl halides is 4. The van der Waals surface area contributed by atoms with Crippen LogP contribution in [-0.2, 0) is 16.5 Å². The average Bonchev–Trinajstić information content (AvgIpc) is 2.47. The van der Waals surface area contributed by atoms with Crippen molar-refractivity contribution in [3.05, 3.63) is 35.1 Å². The minimum atomic E-state index is -5.02. The highest BCUT2D eigenvalue weighted by atomic mass is 32.2. The molecule has 25 heavy (non-hydrogen) atoms. The van der Waals surface area contributed by atoms with E-state index in [-0.39, 0.29) is 5.56 Å². The van der Waals surface area contributed by atoms with Gasteiger partial charge in [-0.25, -0.2) is 17.7 Å². The Bertz CT molecular complexity index is 630. The molecule has 0 aromatic heterocycles. The molecule has 3 atom stereocenters. The summed E-state index contributed by atoms with van der Waals surface area (Å²) in [6, 6.07) is 3.86. The molecule has 144 valence electrons. The van der Waals surface area contributed by atoms with Gasteiger partial charge < -0.3 is 5.11 Å². The molecular formula is C16H22F5NO2S. The number of aryl methyl sites for hydroxylation is 1. The van der Waals surface area contributed by atoms with Gasteiger partial charge in [-0.15, -0.1) is 0 Å². The lowest BCUT2D eigenvalue weighted by atomic mass is 9.85. The molecule has 0 bridgehead atoms. The molecule has 1 unspecified atom stereocenters. The predicted molar refractivity (Wildman–Crippen MR) is 86.5 cm³/mol. The summed E-state index contributed by atoms with van der Waals surface area (Å²) in [4.78, 5) is 0. The van der Waals surface area contributed by atoms with Crippen molar-refractivity contribution in [2.24, 2.45) is 0 Å². The maximum Gasteiger partial charge on any atom is 0.414 e. The van der Waals surface area contributed by atoms with Gasteiger partial charge >= 0.3 is 6.18 Å². The van der Waals surface area contributed by atoms with E-state index in [1.807, 2.05) is 0 Å². The lowest BCUT2D eigenvalue weighted by molar-refractivity contribution is -0.210.